The third-order valence-electron chi connectivity index (χ3n) is 10.5. The molecule has 6 nitrogen and oxygen atoms in total. The second kappa shape index (κ2) is 16.7. The number of hydrogen-bond donors (Lipinski definition) is 0. The molecule has 22 heteroatoms. The highest BCUT2D eigenvalue weighted by molar-refractivity contribution is 7.92. The van der Waals surface area contributed by atoms with E-state index in [4.69, 9.17) is 9.47 Å². The molecule has 344 valence electrons. The van der Waals surface area contributed by atoms with Crippen molar-refractivity contribution in [1.82, 2.24) is 0 Å². The van der Waals surface area contributed by atoms with Gasteiger partial charge in [-0.3, -0.25) is 0 Å². The van der Waals surface area contributed by atoms with E-state index in [0.29, 0.717) is 38.8 Å². The van der Waals surface area contributed by atoms with Crippen LogP contribution in [-0.4, -0.2) is 16.8 Å². The average molecular weight is 969 g/mol. The number of benzene rings is 6. The lowest BCUT2D eigenvalue weighted by Gasteiger charge is -2.26. The van der Waals surface area contributed by atoms with Crippen molar-refractivity contribution in [1.29, 1.82) is 0 Å². The molecule has 0 saturated carbocycles. The molecule has 0 amide bonds. The maximum atomic E-state index is 15.5. The Labute approximate surface area is 359 Å². The summed E-state index contributed by atoms with van der Waals surface area (Å²) in [6.07, 6.45) is 0. The first-order valence-electron chi connectivity index (χ1n) is 18.1. The lowest BCUT2D eigenvalue weighted by atomic mass is 9.78. The van der Waals surface area contributed by atoms with E-state index in [1.165, 1.54) is 24.3 Å². The largest absolute Gasteiger partial charge is 0.453 e. The molecule has 0 aliphatic rings. The summed E-state index contributed by atoms with van der Waals surface area (Å²) < 4.78 is 273. The quantitative estimate of drug-likeness (QED) is 0.100. The Hall–Kier alpha value is -6.16. The topological polar surface area (TPSA) is 86.7 Å². The molecule has 0 aromatic heterocycles. The zero-order valence-corrected chi connectivity index (χ0v) is 35.3. The van der Waals surface area contributed by atoms with Crippen molar-refractivity contribution in [3.8, 4) is 23.0 Å². The molecule has 0 atom stereocenters. The van der Waals surface area contributed by atoms with Crippen LogP contribution in [0.3, 0.4) is 0 Å². The summed E-state index contributed by atoms with van der Waals surface area (Å²) in [5.41, 5.74) is -5.38. The van der Waals surface area contributed by atoms with Gasteiger partial charge in [0.05, 0.1) is 0 Å². The fourth-order valence-electron chi connectivity index (χ4n) is 6.52. The van der Waals surface area contributed by atoms with Crippen LogP contribution < -0.4 is 9.47 Å². The van der Waals surface area contributed by atoms with Crippen molar-refractivity contribution in [2.45, 2.75) is 66.5 Å². The Bertz CT molecular complexity index is 2960. The van der Waals surface area contributed by atoms with Gasteiger partial charge in [-0.15, -0.1) is 0 Å². The van der Waals surface area contributed by atoms with Gasteiger partial charge in [-0.05, 0) is 63.1 Å². The fourth-order valence-corrected chi connectivity index (χ4v) is 9.64. The molecule has 0 bridgehead atoms. The third kappa shape index (κ3) is 7.62. The highest BCUT2D eigenvalue weighted by Crippen LogP contribution is 2.45. The standard InChI is InChI=1S/C43H26F14O6S2/c1-15-23(44)31(52)39(32(53)24(15)45)64(58,59)41-35(56)27(48)17(3)29(50)37(41)62-21-11-7-19(8-12-21)43(5,6)20-9-13-22(14-10-20)63-38-30(51)18(4)28(49)36(57)42(38)65(60,61)40-33(54)25(46)16(2)26(47)34(40)55/h7-14H,1-6H3. The van der Waals surface area contributed by atoms with Crippen LogP contribution in [0.5, 0.6) is 23.0 Å². The summed E-state index contributed by atoms with van der Waals surface area (Å²) in [6, 6.07) is 9.26. The lowest BCUT2D eigenvalue weighted by molar-refractivity contribution is 0.388. The van der Waals surface area contributed by atoms with Gasteiger partial charge in [-0.2, -0.15) is 0 Å². The van der Waals surface area contributed by atoms with Crippen LogP contribution in [0.15, 0.2) is 68.1 Å². The second-order valence-electron chi connectivity index (χ2n) is 14.8. The van der Waals surface area contributed by atoms with Gasteiger partial charge in [0.1, 0.15) is 21.3 Å². The minimum atomic E-state index is -6.20. The van der Waals surface area contributed by atoms with Gasteiger partial charge in [0, 0.05) is 27.7 Å². The maximum Gasteiger partial charge on any atom is 0.219 e. The summed E-state index contributed by atoms with van der Waals surface area (Å²) in [6.45, 7) is 5.57. The Morgan fingerprint density at radius 2 is 0.554 bits per heavy atom. The minimum absolute atomic E-state index is 0.334. The van der Waals surface area contributed by atoms with E-state index in [1.807, 2.05) is 0 Å². The molecule has 0 saturated heterocycles. The molecule has 0 heterocycles. The Morgan fingerprint density at radius 3 is 0.800 bits per heavy atom. The highest BCUT2D eigenvalue weighted by atomic mass is 32.2. The summed E-state index contributed by atoms with van der Waals surface area (Å²) in [7, 11) is -12.4. The molecule has 6 aromatic carbocycles. The van der Waals surface area contributed by atoms with Crippen LogP contribution in [0.2, 0.25) is 0 Å². The average Bonchev–Trinajstić information content (AvgIpc) is 3.25. The van der Waals surface area contributed by atoms with E-state index >= 15 is 17.6 Å². The molecule has 0 spiro atoms. The fraction of sp³-hybridized carbons (Fsp3) is 0.163. The molecule has 0 radical (unpaired) electrons. The number of sulfone groups is 2. The Kier molecular flexibility index (Phi) is 12.4. The number of halogens is 14. The van der Waals surface area contributed by atoms with E-state index < -0.39 is 171 Å². The summed E-state index contributed by atoms with van der Waals surface area (Å²) in [4.78, 5) is -9.11. The van der Waals surface area contributed by atoms with Gasteiger partial charge < -0.3 is 9.47 Å². The molecule has 65 heavy (non-hydrogen) atoms. The van der Waals surface area contributed by atoms with Crippen molar-refractivity contribution in [2.24, 2.45) is 0 Å². The second-order valence-corrected chi connectivity index (χ2v) is 18.4. The molecule has 0 unspecified atom stereocenters. The minimum Gasteiger partial charge on any atom is -0.453 e. The van der Waals surface area contributed by atoms with Crippen molar-refractivity contribution in [3.63, 3.8) is 0 Å². The summed E-state index contributed by atoms with van der Waals surface area (Å²) in [5.74, 6) is -36.1. The van der Waals surface area contributed by atoms with E-state index in [-0.39, 0.29) is 0 Å². The first-order valence-corrected chi connectivity index (χ1v) is 21.1. The van der Waals surface area contributed by atoms with Gasteiger partial charge in [-0.25, -0.2) is 78.3 Å². The van der Waals surface area contributed by atoms with Crippen LogP contribution in [0.25, 0.3) is 0 Å². The van der Waals surface area contributed by atoms with Crippen LogP contribution in [-0.2, 0) is 25.1 Å². The van der Waals surface area contributed by atoms with Crippen molar-refractivity contribution in [2.75, 3.05) is 0 Å². The summed E-state index contributed by atoms with van der Waals surface area (Å²) >= 11 is 0. The maximum absolute atomic E-state index is 15.5. The van der Waals surface area contributed by atoms with Crippen LogP contribution >= 0.6 is 0 Å². The normalized spacial score (nSPS) is 12.2. The molecule has 0 aliphatic heterocycles. The molecular weight excluding hydrogens is 943 g/mol. The van der Waals surface area contributed by atoms with Crippen molar-refractivity contribution >= 4 is 19.7 Å². The van der Waals surface area contributed by atoms with Crippen LogP contribution in [0, 0.1) is 109 Å². The number of ether oxygens (including phenoxy) is 2. The third-order valence-corrected chi connectivity index (χ3v) is 14.1. The van der Waals surface area contributed by atoms with Gasteiger partial charge in [0.15, 0.2) is 103 Å². The van der Waals surface area contributed by atoms with Crippen LogP contribution in [0.1, 0.15) is 47.2 Å². The van der Waals surface area contributed by atoms with Gasteiger partial charge in [0.25, 0.3) is 0 Å². The number of rotatable bonds is 10. The summed E-state index contributed by atoms with van der Waals surface area (Å²) in [5, 5.41) is 0. The Balaban J connectivity index is 1.35. The molecule has 6 aromatic rings. The Morgan fingerprint density at radius 1 is 0.338 bits per heavy atom. The zero-order valence-electron chi connectivity index (χ0n) is 33.7. The molecular formula is C43H26F14O6S2. The van der Waals surface area contributed by atoms with E-state index in [2.05, 4.69) is 0 Å². The predicted octanol–water partition coefficient (Wildman–Crippen LogP) is 12.4. The molecule has 6 rings (SSSR count). The first-order chi connectivity index (χ1) is 30.0. The van der Waals surface area contributed by atoms with E-state index in [0.717, 1.165) is 24.3 Å². The van der Waals surface area contributed by atoms with Gasteiger partial charge >= 0.3 is 0 Å². The van der Waals surface area contributed by atoms with Gasteiger partial charge in [0.2, 0.25) is 19.7 Å². The van der Waals surface area contributed by atoms with Gasteiger partial charge in [-0.1, -0.05) is 38.1 Å². The van der Waals surface area contributed by atoms with E-state index in [1.54, 1.807) is 13.8 Å². The predicted molar refractivity (Wildman–Crippen MR) is 200 cm³/mol. The molecule has 0 fully saturated rings. The molecule has 0 N–H and O–H groups in total. The van der Waals surface area contributed by atoms with Crippen molar-refractivity contribution in [3.05, 3.63) is 163 Å². The van der Waals surface area contributed by atoms with Crippen LogP contribution in [0.4, 0.5) is 61.5 Å². The van der Waals surface area contributed by atoms with E-state index in [9.17, 15) is 60.7 Å². The highest BCUT2D eigenvalue weighted by Gasteiger charge is 2.42. The monoisotopic (exact) mass is 968 g/mol. The molecule has 0 aliphatic carbocycles. The number of hydrogen-bond acceptors (Lipinski definition) is 6. The lowest BCUT2D eigenvalue weighted by Crippen LogP contribution is -2.19. The smallest absolute Gasteiger partial charge is 0.219 e. The first kappa shape index (κ1) is 48.3. The SMILES string of the molecule is Cc1c(F)c(F)c(S(=O)(=O)c2c(F)c(F)c(C)c(F)c2Oc2ccc(C(C)(C)c3ccc(Oc4c(F)c(C)c(F)c(F)c4S(=O)(=O)c4c(F)c(F)c(C)c(F)c4F)cc3)cc2)c(F)c1F. The van der Waals surface area contributed by atoms with Crippen molar-refractivity contribution < 1.29 is 87.8 Å². The zero-order chi connectivity index (χ0) is 48.7.